The molecule has 1 amide bonds. The van der Waals surface area contributed by atoms with E-state index in [1.807, 2.05) is 35.2 Å². The minimum absolute atomic E-state index is 0.156. The van der Waals surface area contributed by atoms with Gasteiger partial charge in [0, 0.05) is 6.04 Å². The summed E-state index contributed by atoms with van der Waals surface area (Å²) in [5.41, 5.74) is 7.74. The largest absolute Gasteiger partial charge is 0.445 e. The fourth-order valence-electron chi connectivity index (χ4n) is 4.41. The number of carbonyl (C=O) groups excluding carboxylic acids is 1. The molecular weight excluding hydrogens is 334 g/mol. The number of fused-ring (bicyclic) bond motifs is 2. The second-order valence-corrected chi connectivity index (χ2v) is 7.89. The number of amides is 1. The zero-order valence-corrected chi connectivity index (χ0v) is 16.4. The molecule has 1 saturated heterocycles. The van der Waals surface area contributed by atoms with Gasteiger partial charge in [-0.3, -0.25) is 4.90 Å². The van der Waals surface area contributed by atoms with Gasteiger partial charge in [0.1, 0.15) is 6.61 Å². The average molecular weight is 361 g/mol. The van der Waals surface area contributed by atoms with Crippen LogP contribution in [0.1, 0.15) is 47.1 Å². The minimum atomic E-state index is -0.182. The number of aryl methyl sites for hydroxylation is 3. The molecule has 2 atom stereocenters. The van der Waals surface area contributed by atoms with Gasteiger partial charge in [0.2, 0.25) is 0 Å². The summed E-state index contributed by atoms with van der Waals surface area (Å²) in [4.78, 5) is 14.7. The van der Waals surface area contributed by atoms with E-state index < -0.39 is 0 Å². The van der Waals surface area contributed by atoms with Crippen molar-refractivity contribution in [2.75, 3.05) is 0 Å². The van der Waals surface area contributed by atoms with Gasteiger partial charge in [-0.15, -0.1) is 0 Å². The summed E-state index contributed by atoms with van der Waals surface area (Å²) in [5, 5.41) is 0. The Bertz CT molecular complexity index is 885. The van der Waals surface area contributed by atoms with E-state index in [2.05, 4.69) is 39.0 Å². The van der Waals surface area contributed by atoms with Gasteiger partial charge in [-0.2, -0.15) is 0 Å². The summed E-state index contributed by atoms with van der Waals surface area (Å²) in [6, 6.07) is 14.9. The second kappa shape index (κ2) is 7.22. The van der Waals surface area contributed by atoms with E-state index in [-0.39, 0.29) is 18.2 Å². The zero-order chi connectivity index (χ0) is 19.0. The van der Waals surface area contributed by atoms with E-state index in [9.17, 15) is 4.79 Å². The van der Waals surface area contributed by atoms with Crippen molar-refractivity contribution in [1.29, 1.82) is 0 Å². The predicted octanol–water partition coefficient (Wildman–Crippen LogP) is 5.57. The Morgan fingerprint density at radius 3 is 2.52 bits per heavy atom. The van der Waals surface area contributed by atoms with Gasteiger partial charge < -0.3 is 4.74 Å². The Labute approximate surface area is 161 Å². The summed E-state index contributed by atoms with van der Waals surface area (Å²) in [5.74, 6) is 0. The first-order valence-electron chi connectivity index (χ1n) is 9.81. The highest BCUT2D eigenvalue weighted by atomic mass is 16.6. The summed E-state index contributed by atoms with van der Waals surface area (Å²) >= 11 is 0. The van der Waals surface area contributed by atoms with Crippen molar-refractivity contribution in [3.8, 4) is 0 Å². The van der Waals surface area contributed by atoms with Crippen LogP contribution in [0.25, 0.3) is 5.57 Å². The van der Waals surface area contributed by atoms with Crippen LogP contribution < -0.4 is 0 Å². The Balaban J connectivity index is 1.51. The number of hydrogen-bond acceptors (Lipinski definition) is 2. The number of benzene rings is 2. The molecule has 2 aromatic rings. The summed E-state index contributed by atoms with van der Waals surface area (Å²) in [6.45, 7) is 6.85. The van der Waals surface area contributed by atoms with Gasteiger partial charge in [-0.05, 0) is 73.4 Å². The molecule has 2 bridgehead atoms. The Morgan fingerprint density at radius 2 is 1.78 bits per heavy atom. The van der Waals surface area contributed by atoms with Crippen LogP contribution in [0.15, 0.2) is 48.5 Å². The fraction of sp³-hybridized carbons (Fsp3) is 0.375. The zero-order valence-electron chi connectivity index (χ0n) is 16.4. The summed E-state index contributed by atoms with van der Waals surface area (Å²) < 4.78 is 5.61. The van der Waals surface area contributed by atoms with Gasteiger partial charge in [-0.25, -0.2) is 4.79 Å². The van der Waals surface area contributed by atoms with Crippen molar-refractivity contribution in [2.24, 2.45) is 0 Å². The van der Waals surface area contributed by atoms with Crippen LogP contribution >= 0.6 is 0 Å². The molecule has 0 N–H and O–H groups in total. The maximum absolute atomic E-state index is 12.7. The van der Waals surface area contributed by atoms with Crippen LogP contribution in [0.4, 0.5) is 4.79 Å². The second-order valence-electron chi connectivity index (χ2n) is 7.89. The van der Waals surface area contributed by atoms with Crippen molar-refractivity contribution < 1.29 is 9.53 Å². The maximum atomic E-state index is 12.7. The lowest BCUT2D eigenvalue weighted by Crippen LogP contribution is -2.43. The summed E-state index contributed by atoms with van der Waals surface area (Å²) in [6.07, 6.45) is 5.11. The van der Waals surface area contributed by atoms with Crippen molar-refractivity contribution in [3.05, 3.63) is 76.4 Å². The van der Waals surface area contributed by atoms with E-state index in [1.54, 1.807) is 0 Å². The van der Waals surface area contributed by atoms with Crippen LogP contribution in [0, 0.1) is 20.8 Å². The molecule has 4 rings (SSSR count). The topological polar surface area (TPSA) is 29.5 Å². The van der Waals surface area contributed by atoms with Gasteiger partial charge in [0.05, 0.1) is 6.04 Å². The summed E-state index contributed by atoms with van der Waals surface area (Å²) in [7, 11) is 0. The number of hydrogen-bond donors (Lipinski definition) is 0. The molecule has 0 aliphatic carbocycles. The van der Waals surface area contributed by atoms with Crippen LogP contribution in [0.5, 0.6) is 0 Å². The van der Waals surface area contributed by atoms with E-state index >= 15 is 0 Å². The molecule has 0 radical (unpaired) electrons. The lowest BCUT2D eigenvalue weighted by Gasteiger charge is -2.33. The molecule has 3 heteroatoms. The van der Waals surface area contributed by atoms with Crippen molar-refractivity contribution in [3.63, 3.8) is 0 Å². The van der Waals surface area contributed by atoms with Crippen molar-refractivity contribution in [1.82, 2.24) is 4.90 Å². The number of nitrogens with zero attached hydrogens (tertiary/aromatic N) is 1. The lowest BCUT2D eigenvalue weighted by atomic mass is 9.89. The first-order chi connectivity index (χ1) is 13.0. The molecule has 3 nitrogen and oxygen atoms in total. The molecule has 27 heavy (non-hydrogen) atoms. The van der Waals surface area contributed by atoms with Crippen LogP contribution in [-0.4, -0.2) is 23.1 Å². The molecule has 2 unspecified atom stereocenters. The number of rotatable bonds is 3. The van der Waals surface area contributed by atoms with E-state index in [4.69, 9.17) is 4.74 Å². The Hall–Kier alpha value is -2.55. The Kier molecular flexibility index (Phi) is 4.77. The standard InChI is InChI=1S/C24H27NO2/c1-16-11-18(3)23(12-17(16)2)20-13-21-9-10-22(14-20)25(21)24(26)27-15-19-7-5-4-6-8-19/h4-8,11-13,21-22H,9-10,14-15H2,1-3H3. The van der Waals surface area contributed by atoms with Gasteiger partial charge in [-0.1, -0.05) is 48.5 Å². The third kappa shape index (κ3) is 3.51. The van der Waals surface area contributed by atoms with E-state index in [0.29, 0.717) is 6.61 Å². The molecule has 1 fully saturated rings. The van der Waals surface area contributed by atoms with Gasteiger partial charge >= 0.3 is 6.09 Å². The van der Waals surface area contributed by atoms with Crippen LogP contribution in [0.3, 0.4) is 0 Å². The maximum Gasteiger partial charge on any atom is 0.410 e. The van der Waals surface area contributed by atoms with E-state index in [1.165, 1.54) is 27.8 Å². The molecule has 2 aromatic carbocycles. The molecule has 0 aromatic heterocycles. The van der Waals surface area contributed by atoms with Crippen molar-refractivity contribution in [2.45, 2.75) is 58.7 Å². The molecule has 140 valence electrons. The van der Waals surface area contributed by atoms with E-state index in [0.717, 1.165) is 24.8 Å². The predicted molar refractivity (Wildman–Crippen MR) is 109 cm³/mol. The number of ether oxygens (including phenoxy) is 1. The SMILES string of the molecule is Cc1cc(C)c(C2=CC3CCC(C2)N3C(=O)OCc2ccccc2)cc1C. The van der Waals surface area contributed by atoms with Crippen LogP contribution in [0.2, 0.25) is 0 Å². The molecular formula is C24H27NO2. The highest BCUT2D eigenvalue weighted by molar-refractivity contribution is 5.76. The molecule has 0 saturated carbocycles. The molecule has 0 spiro atoms. The van der Waals surface area contributed by atoms with Gasteiger partial charge in [0.15, 0.2) is 0 Å². The van der Waals surface area contributed by atoms with Crippen molar-refractivity contribution >= 4 is 11.7 Å². The Morgan fingerprint density at radius 1 is 1.04 bits per heavy atom. The molecule has 2 aliphatic heterocycles. The molecule has 2 aliphatic rings. The third-order valence-electron chi connectivity index (χ3n) is 6.00. The monoisotopic (exact) mass is 361 g/mol. The highest BCUT2D eigenvalue weighted by Gasteiger charge is 2.40. The molecule has 2 heterocycles. The first kappa shape index (κ1) is 17.8. The first-order valence-corrected chi connectivity index (χ1v) is 9.81. The normalized spacial score (nSPS) is 21.1. The third-order valence-corrected chi connectivity index (χ3v) is 6.00. The average Bonchev–Trinajstić information content (AvgIpc) is 2.93. The van der Waals surface area contributed by atoms with Crippen LogP contribution in [-0.2, 0) is 11.3 Å². The lowest BCUT2D eigenvalue weighted by molar-refractivity contribution is 0.0832. The fourth-order valence-corrected chi connectivity index (χ4v) is 4.41. The minimum Gasteiger partial charge on any atom is -0.445 e. The smallest absolute Gasteiger partial charge is 0.410 e. The highest BCUT2D eigenvalue weighted by Crippen LogP contribution is 2.40. The quantitative estimate of drug-likeness (QED) is 0.715. The number of carbonyl (C=O) groups is 1. The van der Waals surface area contributed by atoms with Gasteiger partial charge in [0.25, 0.3) is 0 Å².